The summed E-state index contributed by atoms with van der Waals surface area (Å²) in [5.74, 6) is 2.17. The van der Waals surface area contributed by atoms with Crippen LogP contribution < -0.4 is 10.1 Å². The van der Waals surface area contributed by atoms with Crippen molar-refractivity contribution in [1.82, 2.24) is 5.32 Å². The Morgan fingerprint density at radius 1 is 1.47 bits per heavy atom. The minimum Gasteiger partial charge on any atom is -0.497 e. The smallest absolute Gasteiger partial charge is 0.119 e. The van der Waals surface area contributed by atoms with Crippen LogP contribution in [0.15, 0.2) is 24.3 Å². The molecule has 0 amide bonds. The van der Waals surface area contributed by atoms with Crippen molar-refractivity contribution in [1.29, 1.82) is 0 Å². The summed E-state index contributed by atoms with van der Waals surface area (Å²) in [6.45, 7) is 4.53. The zero-order chi connectivity index (χ0) is 12.3. The van der Waals surface area contributed by atoms with Gasteiger partial charge >= 0.3 is 0 Å². The summed E-state index contributed by atoms with van der Waals surface area (Å²) in [5.41, 5.74) is 1.30. The molecule has 3 unspecified atom stereocenters. The second kappa shape index (κ2) is 5.78. The van der Waals surface area contributed by atoms with Crippen LogP contribution in [0.3, 0.4) is 0 Å². The van der Waals surface area contributed by atoms with Gasteiger partial charge in [0, 0.05) is 23.1 Å². The van der Waals surface area contributed by atoms with Gasteiger partial charge in [0.2, 0.25) is 0 Å². The Morgan fingerprint density at radius 2 is 2.29 bits per heavy atom. The van der Waals surface area contributed by atoms with Gasteiger partial charge in [0.25, 0.3) is 0 Å². The third-order valence-corrected chi connectivity index (χ3v) is 4.63. The monoisotopic (exact) mass is 251 g/mol. The maximum atomic E-state index is 5.26. The summed E-state index contributed by atoms with van der Waals surface area (Å²) in [6, 6.07) is 9.36. The second-order valence-corrected chi connectivity index (χ2v) is 6.21. The topological polar surface area (TPSA) is 21.3 Å². The van der Waals surface area contributed by atoms with Gasteiger partial charge in [-0.05, 0) is 31.0 Å². The highest BCUT2D eigenvalue weighted by Crippen LogP contribution is 2.28. The summed E-state index contributed by atoms with van der Waals surface area (Å²) in [4.78, 5) is 0. The number of ether oxygens (including phenoxy) is 1. The van der Waals surface area contributed by atoms with E-state index in [1.54, 1.807) is 7.11 Å². The van der Waals surface area contributed by atoms with E-state index in [2.05, 4.69) is 49.1 Å². The van der Waals surface area contributed by atoms with Gasteiger partial charge in [-0.2, -0.15) is 11.8 Å². The van der Waals surface area contributed by atoms with E-state index in [-0.39, 0.29) is 0 Å². The highest BCUT2D eigenvalue weighted by Gasteiger charge is 2.23. The van der Waals surface area contributed by atoms with Crippen molar-refractivity contribution in [3.05, 3.63) is 29.8 Å². The standard InChI is InChI=1S/C14H21NOS/c1-10-7-13(9-17-10)15-11(2)12-5-4-6-14(8-12)16-3/h4-6,8,10-11,13,15H,7,9H2,1-3H3. The molecule has 94 valence electrons. The normalized spacial score (nSPS) is 25.8. The SMILES string of the molecule is COc1cccc(C(C)NC2CSC(C)C2)c1. The third-order valence-electron chi connectivity index (χ3n) is 3.28. The molecular formula is C14H21NOS. The molecule has 1 fully saturated rings. The average molecular weight is 251 g/mol. The van der Waals surface area contributed by atoms with Crippen LogP contribution in [0.5, 0.6) is 5.75 Å². The number of methoxy groups -OCH3 is 1. The lowest BCUT2D eigenvalue weighted by Crippen LogP contribution is -2.31. The van der Waals surface area contributed by atoms with E-state index >= 15 is 0 Å². The van der Waals surface area contributed by atoms with Gasteiger partial charge in [0.1, 0.15) is 5.75 Å². The molecule has 1 aromatic rings. The molecule has 0 bridgehead atoms. The molecular weight excluding hydrogens is 230 g/mol. The average Bonchev–Trinajstić information content (AvgIpc) is 2.75. The van der Waals surface area contributed by atoms with Gasteiger partial charge in [0.05, 0.1) is 7.11 Å². The Balaban J connectivity index is 1.96. The number of nitrogens with one attached hydrogen (secondary N) is 1. The molecule has 1 aliphatic rings. The molecule has 0 spiro atoms. The van der Waals surface area contributed by atoms with Crippen LogP contribution in [0.2, 0.25) is 0 Å². The lowest BCUT2D eigenvalue weighted by molar-refractivity contribution is 0.412. The van der Waals surface area contributed by atoms with E-state index in [0.29, 0.717) is 12.1 Å². The van der Waals surface area contributed by atoms with E-state index in [1.807, 2.05) is 6.07 Å². The molecule has 2 rings (SSSR count). The Bertz CT molecular complexity index is 369. The second-order valence-electron chi connectivity index (χ2n) is 4.74. The van der Waals surface area contributed by atoms with Crippen LogP contribution in [0, 0.1) is 0 Å². The highest BCUT2D eigenvalue weighted by atomic mass is 32.2. The molecule has 1 heterocycles. The van der Waals surface area contributed by atoms with Gasteiger partial charge in [0.15, 0.2) is 0 Å². The molecule has 0 aliphatic carbocycles. The lowest BCUT2D eigenvalue weighted by Gasteiger charge is -2.19. The first-order chi connectivity index (χ1) is 8.19. The minimum atomic E-state index is 0.390. The number of rotatable bonds is 4. The van der Waals surface area contributed by atoms with Crippen LogP contribution in [0.4, 0.5) is 0 Å². The fourth-order valence-corrected chi connectivity index (χ4v) is 3.46. The van der Waals surface area contributed by atoms with Gasteiger partial charge < -0.3 is 10.1 Å². The molecule has 3 atom stereocenters. The zero-order valence-corrected chi connectivity index (χ0v) is 11.6. The van der Waals surface area contributed by atoms with Crippen molar-refractivity contribution in [3.8, 4) is 5.75 Å². The summed E-state index contributed by atoms with van der Waals surface area (Å²) in [6.07, 6.45) is 1.28. The molecule has 3 heteroatoms. The zero-order valence-electron chi connectivity index (χ0n) is 10.8. The maximum Gasteiger partial charge on any atom is 0.119 e. The van der Waals surface area contributed by atoms with E-state index in [1.165, 1.54) is 17.7 Å². The van der Waals surface area contributed by atoms with Crippen molar-refractivity contribution in [2.45, 2.75) is 37.6 Å². The first-order valence-corrected chi connectivity index (χ1v) is 7.25. The van der Waals surface area contributed by atoms with E-state index in [0.717, 1.165) is 11.0 Å². The predicted octanol–water partition coefficient (Wildman–Crippen LogP) is 3.24. The first kappa shape index (κ1) is 12.8. The minimum absolute atomic E-state index is 0.390. The Kier molecular flexibility index (Phi) is 4.35. The fraction of sp³-hybridized carbons (Fsp3) is 0.571. The highest BCUT2D eigenvalue weighted by molar-refractivity contribution is 8.00. The molecule has 0 radical (unpaired) electrons. The van der Waals surface area contributed by atoms with Gasteiger partial charge in [-0.15, -0.1) is 0 Å². The number of thioether (sulfide) groups is 1. The third kappa shape index (κ3) is 3.39. The quantitative estimate of drug-likeness (QED) is 0.887. The molecule has 1 aromatic carbocycles. The van der Waals surface area contributed by atoms with E-state index < -0.39 is 0 Å². The lowest BCUT2D eigenvalue weighted by atomic mass is 10.1. The Labute approximate surface area is 108 Å². The van der Waals surface area contributed by atoms with Crippen molar-refractivity contribution in [2.75, 3.05) is 12.9 Å². The first-order valence-electron chi connectivity index (χ1n) is 6.20. The van der Waals surface area contributed by atoms with Crippen LogP contribution in [-0.2, 0) is 0 Å². The largest absolute Gasteiger partial charge is 0.497 e. The van der Waals surface area contributed by atoms with Crippen LogP contribution in [-0.4, -0.2) is 24.2 Å². The van der Waals surface area contributed by atoms with Crippen molar-refractivity contribution in [2.24, 2.45) is 0 Å². The van der Waals surface area contributed by atoms with Gasteiger partial charge in [-0.25, -0.2) is 0 Å². The fourth-order valence-electron chi connectivity index (χ4n) is 2.29. The van der Waals surface area contributed by atoms with E-state index in [9.17, 15) is 0 Å². The summed E-state index contributed by atoms with van der Waals surface area (Å²) in [7, 11) is 1.71. The molecule has 1 aliphatic heterocycles. The van der Waals surface area contributed by atoms with Crippen LogP contribution in [0.25, 0.3) is 0 Å². The Morgan fingerprint density at radius 3 is 2.94 bits per heavy atom. The molecule has 0 aromatic heterocycles. The molecule has 17 heavy (non-hydrogen) atoms. The molecule has 2 nitrogen and oxygen atoms in total. The van der Waals surface area contributed by atoms with Gasteiger partial charge in [-0.3, -0.25) is 0 Å². The predicted molar refractivity (Wildman–Crippen MR) is 74.9 cm³/mol. The maximum absolute atomic E-state index is 5.26. The number of hydrogen-bond acceptors (Lipinski definition) is 3. The van der Waals surface area contributed by atoms with Crippen molar-refractivity contribution in [3.63, 3.8) is 0 Å². The molecule has 1 N–H and O–H groups in total. The van der Waals surface area contributed by atoms with Crippen LogP contribution in [0.1, 0.15) is 31.9 Å². The van der Waals surface area contributed by atoms with Crippen molar-refractivity contribution >= 4 is 11.8 Å². The summed E-state index contributed by atoms with van der Waals surface area (Å²) in [5, 5.41) is 4.50. The van der Waals surface area contributed by atoms with E-state index in [4.69, 9.17) is 4.74 Å². The molecule has 0 saturated carbocycles. The van der Waals surface area contributed by atoms with Crippen LogP contribution >= 0.6 is 11.8 Å². The summed E-state index contributed by atoms with van der Waals surface area (Å²) >= 11 is 2.06. The number of benzene rings is 1. The van der Waals surface area contributed by atoms with Gasteiger partial charge in [-0.1, -0.05) is 19.1 Å². The number of hydrogen-bond donors (Lipinski definition) is 1. The van der Waals surface area contributed by atoms with Crippen molar-refractivity contribution < 1.29 is 4.74 Å². The summed E-state index contributed by atoms with van der Waals surface area (Å²) < 4.78 is 5.26. The molecule has 1 saturated heterocycles. The Hall–Kier alpha value is -0.670.